The fraction of sp³-hybridized carbons (Fsp3) is 0.476. The van der Waals surface area contributed by atoms with Crippen LogP contribution in [0.25, 0.3) is 0 Å². The van der Waals surface area contributed by atoms with E-state index < -0.39 is 29.2 Å². The quantitative estimate of drug-likeness (QED) is 0.549. The largest absolute Gasteiger partial charge is 0.507 e. The van der Waals surface area contributed by atoms with Crippen LogP contribution in [0.15, 0.2) is 23.6 Å². The molecule has 1 aliphatic heterocycles. The molecule has 0 aliphatic carbocycles. The lowest BCUT2D eigenvalue weighted by atomic mass is 9.86. The Balaban J connectivity index is 2.77. The minimum Gasteiger partial charge on any atom is -0.507 e. The number of nitrogens with one attached hydrogen (secondary N) is 1. The number of hydrogen-bond acceptors (Lipinski definition) is 8. The lowest BCUT2D eigenvalue weighted by molar-refractivity contribution is -0.148. The van der Waals surface area contributed by atoms with Gasteiger partial charge in [-0.15, -0.1) is 0 Å². The number of ketones is 1. The van der Waals surface area contributed by atoms with Crippen molar-refractivity contribution in [1.82, 2.24) is 5.32 Å². The second-order valence-electron chi connectivity index (χ2n) is 7.59. The Morgan fingerprint density at radius 2 is 1.76 bits per heavy atom. The number of benzene rings is 1. The van der Waals surface area contributed by atoms with Crippen molar-refractivity contribution in [3.63, 3.8) is 0 Å². The van der Waals surface area contributed by atoms with Gasteiger partial charge in [0.25, 0.3) is 0 Å². The molecule has 1 aromatic carbocycles. The van der Waals surface area contributed by atoms with E-state index in [0.29, 0.717) is 0 Å². The van der Waals surface area contributed by atoms with Crippen LogP contribution in [-0.4, -0.2) is 41.6 Å². The van der Waals surface area contributed by atoms with Crippen LogP contribution in [0, 0.1) is 0 Å². The molecule has 1 heterocycles. The molecule has 0 radical (unpaired) electrons. The third-order valence-corrected chi connectivity index (χ3v) is 4.07. The molecular weight excluding hydrogens is 378 g/mol. The molecule has 1 atom stereocenters. The number of hydrogen-bond donors (Lipinski definition) is 2. The van der Waals surface area contributed by atoms with Gasteiger partial charge in [-0.3, -0.25) is 9.59 Å². The Morgan fingerprint density at radius 1 is 1.14 bits per heavy atom. The van der Waals surface area contributed by atoms with Crippen molar-refractivity contribution in [3.8, 4) is 11.5 Å². The highest BCUT2D eigenvalue weighted by Crippen LogP contribution is 2.43. The number of ether oxygens (including phenoxy) is 3. The lowest BCUT2D eigenvalue weighted by Gasteiger charge is -2.32. The van der Waals surface area contributed by atoms with E-state index in [4.69, 9.17) is 14.2 Å². The molecule has 0 aromatic heterocycles. The fourth-order valence-electron chi connectivity index (χ4n) is 2.96. The van der Waals surface area contributed by atoms with Gasteiger partial charge in [0.15, 0.2) is 5.78 Å². The predicted molar refractivity (Wildman–Crippen MR) is 105 cm³/mol. The number of Topliss-reactive ketones (excluding diaryl/α,β-unsaturated/α-hetero) is 1. The summed E-state index contributed by atoms with van der Waals surface area (Å²) in [6, 6.07) is 2.60. The number of carbonyl (C=O) groups excluding carboxylic acids is 3. The van der Waals surface area contributed by atoms with Gasteiger partial charge < -0.3 is 24.6 Å². The molecule has 0 bridgehead atoms. The molecule has 1 aromatic rings. The zero-order valence-corrected chi connectivity index (χ0v) is 17.5. The normalized spacial score (nSPS) is 15.9. The molecule has 158 valence electrons. The molecule has 8 heteroatoms. The Kier molecular flexibility index (Phi) is 6.56. The Labute approximate surface area is 169 Å². The number of carbonyl (C=O) groups is 3. The minimum atomic E-state index is -1.18. The Hall–Kier alpha value is -3.03. The van der Waals surface area contributed by atoms with E-state index >= 15 is 0 Å². The summed E-state index contributed by atoms with van der Waals surface area (Å²) >= 11 is 0. The summed E-state index contributed by atoms with van der Waals surface area (Å²) in [5, 5.41) is 13.3. The highest BCUT2D eigenvalue weighted by molar-refractivity contribution is 6.02. The summed E-state index contributed by atoms with van der Waals surface area (Å²) < 4.78 is 16.2. The van der Waals surface area contributed by atoms with Gasteiger partial charge >= 0.3 is 11.9 Å². The van der Waals surface area contributed by atoms with Crippen LogP contribution in [0.5, 0.6) is 11.5 Å². The van der Waals surface area contributed by atoms with Crippen molar-refractivity contribution < 1.29 is 33.7 Å². The molecule has 0 spiro atoms. The van der Waals surface area contributed by atoms with Crippen LogP contribution in [0.1, 0.15) is 63.4 Å². The third kappa shape index (κ3) is 4.88. The Bertz CT molecular complexity index is 865. The first kappa shape index (κ1) is 22.3. The van der Waals surface area contributed by atoms with Gasteiger partial charge in [-0.25, -0.2) is 4.79 Å². The van der Waals surface area contributed by atoms with Crippen molar-refractivity contribution >= 4 is 17.7 Å². The number of esters is 2. The summed E-state index contributed by atoms with van der Waals surface area (Å²) in [5.74, 6) is -3.10. The van der Waals surface area contributed by atoms with Gasteiger partial charge in [0.05, 0.1) is 18.8 Å². The highest BCUT2D eigenvalue weighted by Gasteiger charge is 2.42. The first-order valence-corrected chi connectivity index (χ1v) is 9.41. The summed E-state index contributed by atoms with van der Waals surface area (Å²) in [4.78, 5) is 37.5. The molecule has 1 unspecified atom stereocenters. The van der Waals surface area contributed by atoms with E-state index in [9.17, 15) is 19.5 Å². The van der Waals surface area contributed by atoms with E-state index in [1.807, 2.05) is 20.8 Å². The van der Waals surface area contributed by atoms with E-state index in [0.717, 1.165) is 0 Å². The number of aromatic hydroxyl groups is 1. The van der Waals surface area contributed by atoms with Crippen LogP contribution < -0.4 is 10.1 Å². The van der Waals surface area contributed by atoms with Crippen molar-refractivity contribution in [3.05, 3.63) is 34.7 Å². The molecule has 0 fully saturated rings. The molecule has 29 heavy (non-hydrogen) atoms. The summed E-state index contributed by atoms with van der Waals surface area (Å²) in [7, 11) is 0. The smallest absolute Gasteiger partial charge is 0.340 e. The maximum Gasteiger partial charge on any atom is 0.340 e. The fourth-order valence-corrected chi connectivity index (χ4v) is 2.96. The molecule has 0 amide bonds. The second-order valence-corrected chi connectivity index (χ2v) is 7.59. The maximum atomic E-state index is 12.9. The average molecular weight is 405 g/mol. The standard InChI is InChI=1S/C21H27NO7/c1-7-27-19(25)16-13-9-12(11(3)23)14(24)10-15(13)29-18(22-21(4,5)6)17(16)20(26)28-8-2/h9-10,16,22,24H,7-8H2,1-6H3. The van der Waals surface area contributed by atoms with Crippen LogP contribution in [0.2, 0.25) is 0 Å². The number of fused-ring (bicyclic) bond motifs is 1. The van der Waals surface area contributed by atoms with Gasteiger partial charge in [-0.05, 0) is 47.6 Å². The maximum absolute atomic E-state index is 12.9. The SMILES string of the molecule is CCOC(=O)C1=C(NC(C)(C)C)Oc2cc(O)c(C(C)=O)cc2C1C(=O)OCC. The zero-order valence-electron chi connectivity index (χ0n) is 17.5. The molecular formula is C21H27NO7. The topological polar surface area (TPSA) is 111 Å². The summed E-state index contributed by atoms with van der Waals surface area (Å²) in [5.41, 5.74) is -0.301. The Morgan fingerprint density at radius 3 is 2.28 bits per heavy atom. The summed E-state index contributed by atoms with van der Waals surface area (Å²) in [6.07, 6.45) is 0. The van der Waals surface area contributed by atoms with Gasteiger partial charge in [0.2, 0.25) is 5.88 Å². The van der Waals surface area contributed by atoms with Gasteiger partial charge in [-0.2, -0.15) is 0 Å². The minimum absolute atomic E-state index is 0.0112. The highest BCUT2D eigenvalue weighted by atomic mass is 16.5. The average Bonchev–Trinajstić information content (AvgIpc) is 2.58. The molecule has 2 N–H and O–H groups in total. The molecule has 8 nitrogen and oxygen atoms in total. The van der Waals surface area contributed by atoms with Crippen LogP contribution in [0.3, 0.4) is 0 Å². The second kappa shape index (κ2) is 8.55. The van der Waals surface area contributed by atoms with Crippen LogP contribution in [0.4, 0.5) is 0 Å². The first-order valence-electron chi connectivity index (χ1n) is 9.41. The number of phenols is 1. The predicted octanol–water partition coefficient (Wildman–Crippen LogP) is 2.80. The van der Waals surface area contributed by atoms with E-state index in [2.05, 4.69) is 5.32 Å². The zero-order chi connectivity index (χ0) is 21.9. The number of rotatable bonds is 6. The van der Waals surface area contributed by atoms with E-state index in [-0.39, 0.29) is 47.3 Å². The van der Waals surface area contributed by atoms with E-state index in [1.165, 1.54) is 19.1 Å². The van der Waals surface area contributed by atoms with E-state index in [1.54, 1.807) is 13.8 Å². The molecule has 2 rings (SSSR count). The van der Waals surface area contributed by atoms with Gasteiger partial charge in [-0.1, -0.05) is 0 Å². The number of phenolic OH excluding ortho intramolecular Hbond substituents is 1. The van der Waals surface area contributed by atoms with Crippen molar-refractivity contribution in [2.45, 2.75) is 53.0 Å². The third-order valence-electron chi connectivity index (χ3n) is 4.07. The van der Waals surface area contributed by atoms with Crippen LogP contribution in [-0.2, 0) is 19.1 Å². The summed E-state index contributed by atoms with van der Waals surface area (Å²) in [6.45, 7) is 10.4. The van der Waals surface area contributed by atoms with Crippen LogP contribution >= 0.6 is 0 Å². The molecule has 1 aliphatic rings. The van der Waals surface area contributed by atoms with Gasteiger partial charge in [0.1, 0.15) is 23.0 Å². The molecule has 0 saturated carbocycles. The van der Waals surface area contributed by atoms with Crippen molar-refractivity contribution in [2.24, 2.45) is 0 Å². The lowest BCUT2D eigenvalue weighted by Crippen LogP contribution is -2.41. The first-order chi connectivity index (χ1) is 13.5. The monoisotopic (exact) mass is 405 g/mol. The van der Waals surface area contributed by atoms with Crippen molar-refractivity contribution in [1.29, 1.82) is 0 Å². The van der Waals surface area contributed by atoms with Gasteiger partial charge in [0, 0.05) is 17.2 Å². The van der Waals surface area contributed by atoms with Crippen molar-refractivity contribution in [2.75, 3.05) is 13.2 Å². The molecule has 0 saturated heterocycles.